The maximum absolute atomic E-state index is 12.5. The van der Waals surface area contributed by atoms with E-state index in [-0.39, 0.29) is 12.5 Å². The number of allylic oxidation sites excluding steroid dienone is 2. The van der Waals surface area contributed by atoms with Gasteiger partial charge in [-0.3, -0.25) is 4.79 Å². The fourth-order valence-corrected chi connectivity index (χ4v) is 9.04. The molecule has 364 valence electrons. The molecule has 0 aliphatic carbocycles. The third kappa shape index (κ3) is 46.9. The molecule has 0 aromatic heterocycles. The van der Waals surface area contributed by atoms with E-state index in [0.717, 1.165) is 32.1 Å². The molecule has 0 aromatic rings. The number of aliphatic hydroxyl groups is 3. The number of nitrogens with one attached hydrogen (secondary N) is 1. The van der Waals surface area contributed by atoms with Gasteiger partial charge in [0.05, 0.1) is 18.8 Å². The van der Waals surface area contributed by atoms with Gasteiger partial charge in [0.1, 0.15) is 6.10 Å². The second-order valence-corrected chi connectivity index (χ2v) is 19.5. The van der Waals surface area contributed by atoms with Gasteiger partial charge in [-0.15, -0.1) is 0 Å². The zero-order valence-corrected chi connectivity index (χ0v) is 41.6. The van der Waals surface area contributed by atoms with Crippen LogP contribution in [0.15, 0.2) is 12.2 Å². The van der Waals surface area contributed by atoms with E-state index in [4.69, 9.17) is 0 Å². The van der Waals surface area contributed by atoms with Crippen molar-refractivity contribution in [2.24, 2.45) is 0 Å². The zero-order valence-electron chi connectivity index (χ0n) is 41.6. The molecule has 3 atom stereocenters. The maximum atomic E-state index is 12.5. The molecular formula is C56H111NO4. The average molecular weight is 863 g/mol. The first-order valence-corrected chi connectivity index (χ1v) is 28.0. The molecular weight excluding hydrogens is 751 g/mol. The first-order chi connectivity index (χ1) is 30.1. The number of aliphatic hydroxyl groups excluding tert-OH is 3. The summed E-state index contributed by atoms with van der Waals surface area (Å²) in [5, 5.41) is 33.8. The Hall–Kier alpha value is -0.910. The lowest BCUT2D eigenvalue weighted by Crippen LogP contribution is -2.50. The first-order valence-electron chi connectivity index (χ1n) is 28.0. The summed E-state index contributed by atoms with van der Waals surface area (Å²) in [5.41, 5.74) is 0. The summed E-state index contributed by atoms with van der Waals surface area (Å²) in [5.74, 6) is -0.139. The van der Waals surface area contributed by atoms with E-state index in [1.165, 1.54) is 257 Å². The Morgan fingerprint density at radius 3 is 0.951 bits per heavy atom. The summed E-state index contributed by atoms with van der Waals surface area (Å²) in [6, 6.07) is -0.807. The molecule has 5 nitrogen and oxygen atoms in total. The number of carbonyl (C=O) groups is 1. The van der Waals surface area contributed by atoms with E-state index < -0.39 is 18.2 Å². The summed E-state index contributed by atoms with van der Waals surface area (Å²) in [7, 11) is 0. The molecule has 0 aliphatic rings. The molecule has 61 heavy (non-hydrogen) atoms. The van der Waals surface area contributed by atoms with Crippen molar-refractivity contribution in [1.29, 1.82) is 0 Å². The minimum atomic E-state index is -1.13. The van der Waals surface area contributed by atoms with Gasteiger partial charge >= 0.3 is 0 Å². The Labute approximate surface area is 382 Å². The lowest BCUT2D eigenvalue weighted by atomic mass is 9.99. The summed E-state index contributed by atoms with van der Waals surface area (Å²) >= 11 is 0. The van der Waals surface area contributed by atoms with Crippen molar-refractivity contribution in [3.63, 3.8) is 0 Å². The van der Waals surface area contributed by atoms with Crippen LogP contribution in [0.3, 0.4) is 0 Å². The Bertz CT molecular complexity index is 864. The molecule has 4 N–H and O–H groups in total. The van der Waals surface area contributed by atoms with E-state index in [1.807, 2.05) is 0 Å². The van der Waals surface area contributed by atoms with Crippen LogP contribution in [0.2, 0.25) is 0 Å². The van der Waals surface area contributed by atoms with Crippen molar-refractivity contribution in [2.75, 3.05) is 6.61 Å². The SMILES string of the molecule is CCCCCCCCCCCCCC/C=C\CCCCCCCCCCCCCCCC(=O)NC(CO)C(O)C(O)CCCCCCCCCCCCCCCCCCCC. The van der Waals surface area contributed by atoms with Gasteiger partial charge in [0, 0.05) is 6.42 Å². The van der Waals surface area contributed by atoms with Gasteiger partial charge < -0.3 is 20.6 Å². The van der Waals surface area contributed by atoms with E-state index >= 15 is 0 Å². The number of unbranched alkanes of at least 4 members (excludes halogenated alkanes) is 42. The van der Waals surface area contributed by atoms with Crippen LogP contribution < -0.4 is 5.32 Å². The average Bonchev–Trinajstić information content (AvgIpc) is 3.26. The van der Waals surface area contributed by atoms with Crippen LogP contribution >= 0.6 is 0 Å². The molecule has 5 heteroatoms. The number of hydrogen-bond acceptors (Lipinski definition) is 4. The van der Waals surface area contributed by atoms with E-state index in [9.17, 15) is 20.1 Å². The molecule has 0 heterocycles. The van der Waals surface area contributed by atoms with Gasteiger partial charge in [-0.25, -0.2) is 0 Å². The second kappa shape index (κ2) is 51.7. The summed E-state index contributed by atoms with van der Waals surface area (Å²) in [4.78, 5) is 12.5. The number of rotatable bonds is 52. The molecule has 0 rings (SSSR count). The smallest absolute Gasteiger partial charge is 0.220 e. The maximum Gasteiger partial charge on any atom is 0.220 e. The van der Waals surface area contributed by atoms with Crippen molar-refractivity contribution in [1.82, 2.24) is 5.32 Å². The van der Waals surface area contributed by atoms with Gasteiger partial charge in [0.25, 0.3) is 0 Å². The highest BCUT2D eigenvalue weighted by Crippen LogP contribution is 2.18. The molecule has 0 saturated heterocycles. The lowest BCUT2D eigenvalue weighted by Gasteiger charge is -2.26. The molecule has 0 aliphatic heterocycles. The van der Waals surface area contributed by atoms with Crippen LogP contribution in [-0.4, -0.2) is 46.1 Å². The quantitative estimate of drug-likeness (QED) is 0.0362. The summed E-state index contributed by atoms with van der Waals surface area (Å²) in [6.45, 7) is 4.22. The van der Waals surface area contributed by atoms with Crippen LogP contribution in [0.25, 0.3) is 0 Å². The van der Waals surface area contributed by atoms with Crippen molar-refractivity contribution in [3.8, 4) is 0 Å². The highest BCUT2D eigenvalue weighted by molar-refractivity contribution is 5.76. The Balaban J connectivity index is 3.50. The topological polar surface area (TPSA) is 89.8 Å². The highest BCUT2D eigenvalue weighted by atomic mass is 16.3. The van der Waals surface area contributed by atoms with E-state index in [0.29, 0.717) is 12.8 Å². The highest BCUT2D eigenvalue weighted by Gasteiger charge is 2.26. The lowest BCUT2D eigenvalue weighted by molar-refractivity contribution is -0.124. The molecule has 0 bridgehead atoms. The number of carbonyl (C=O) groups excluding carboxylic acids is 1. The first kappa shape index (κ1) is 60.1. The normalized spacial score (nSPS) is 13.3. The molecule has 0 aromatic carbocycles. The largest absolute Gasteiger partial charge is 0.394 e. The van der Waals surface area contributed by atoms with Gasteiger partial charge in [0.2, 0.25) is 5.91 Å². The Morgan fingerprint density at radius 2 is 0.656 bits per heavy atom. The molecule has 1 amide bonds. The van der Waals surface area contributed by atoms with Crippen LogP contribution in [0, 0.1) is 0 Å². The summed E-state index contributed by atoms with van der Waals surface area (Å²) < 4.78 is 0. The van der Waals surface area contributed by atoms with Crippen molar-refractivity contribution < 1.29 is 20.1 Å². The van der Waals surface area contributed by atoms with Crippen molar-refractivity contribution in [2.45, 2.75) is 334 Å². The van der Waals surface area contributed by atoms with Gasteiger partial charge in [0.15, 0.2) is 0 Å². The zero-order chi connectivity index (χ0) is 44.4. The van der Waals surface area contributed by atoms with Crippen molar-refractivity contribution >= 4 is 5.91 Å². The predicted octanol–water partition coefficient (Wildman–Crippen LogP) is 17.1. The van der Waals surface area contributed by atoms with Crippen LogP contribution in [-0.2, 0) is 4.79 Å². The fourth-order valence-electron chi connectivity index (χ4n) is 9.04. The van der Waals surface area contributed by atoms with Crippen molar-refractivity contribution in [3.05, 3.63) is 12.2 Å². The van der Waals surface area contributed by atoms with Crippen LogP contribution in [0.1, 0.15) is 316 Å². The van der Waals surface area contributed by atoms with E-state index in [1.54, 1.807) is 0 Å². The predicted molar refractivity (Wildman–Crippen MR) is 269 cm³/mol. The van der Waals surface area contributed by atoms with Gasteiger partial charge in [-0.05, 0) is 38.5 Å². The minimum Gasteiger partial charge on any atom is -0.394 e. The molecule has 0 fully saturated rings. The summed E-state index contributed by atoms with van der Waals surface area (Å²) in [6.07, 6.45) is 63.6. The molecule has 0 spiro atoms. The molecule has 3 unspecified atom stereocenters. The second-order valence-electron chi connectivity index (χ2n) is 19.5. The van der Waals surface area contributed by atoms with Gasteiger partial charge in [-0.2, -0.15) is 0 Å². The van der Waals surface area contributed by atoms with E-state index in [2.05, 4.69) is 31.3 Å². The monoisotopic (exact) mass is 862 g/mol. The Kier molecular flexibility index (Phi) is 51.0. The number of hydrogen-bond donors (Lipinski definition) is 4. The number of amides is 1. The minimum absolute atomic E-state index is 0.139. The van der Waals surface area contributed by atoms with Gasteiger partial charge in [-0.1, -0.05) is 283 Å². The fraction of sp³-hybridized carbons (Fsp3) is 0.946. The van der Waals surface area contributed by atoms with Crippen LogP contribution in [0.4, 0.5) is 0 Å². The van der Waals surface area contributed by atoms with Crippen LogP contribution in [0.5, 0.6) is 0 Å². The Morgan fingerprint density at radius 1 is 0.393 bits per heavy atom. The third-order valence-corrected chi connectivity index (χ3v) is 13.4. The molecule has 0 saturated carbocycles. The standard InChI is InChI=1S/C56H111NO4/c1-3-5-7-9-11-13-15-17-19-21-23-24-25-26-27-28-29-30-31-32-33-35-37-39-41-43-45-47-49-51-55(60)57-53(52-58)56(61)54(59)50-48-46-44-42-40-38-36-34-22-20-18-16-14-12-10-8-6-4-2/h26-27,53-54,56,58-59,61H,3-25,28-52H2,1-2H3,(H,57,60)/b27-26-. The third-order valence-electron chi connectivity index (χ3n) is 13.4. The molecule has 0 radical (unpaired) electrons.